The summed E-state index contributed by atoms with van der Waals surface area (Å²) < 4.78 is 11.4. The fourth-order valence-corrected chi connectivity index (χ4v) is 2.59. The highest BCUT2D eigenvalue weighted by Crippen LogP contribution is 2.40. The molecule has 0 atom stereocenters. The van der Waals surface area contributed by atoms with Gasteiger partial charge in [0.2, 0.25) is 0 Å². The monoisotopic (exact) mass is 257 g/mol. The highest BCUT2D eigenvalue weighted by atomic mass is 16.7. The molecule has 0 aromatic heterocycles. The van der Waals surface area contributed by atoms with Crippen LogP contribution in [0.3, 0.4) is 0 Å². The zero-order valence-electron chi connectivity index (χ0n) is 11.9. The molecule has 1 aliphatic heterocycles. The second-order valence-corrected chi connectivity index (χ2v) is 6.42. The van der Waals surface area contributed by atoms with Gasteiger partial charge in [0.05, 0.1) is 18.8 Å². The minimum Gasteiger partial charge on any atom is -0.389 e. The molecule has 0 aromatic carbocycles. The Hall–Kier alpha value is -0.160. The predicted molar refractivity (Wildman–Crippen MR) is 70.4 cm³/mol. The van der Waals surface area contributed by atoms with Crippen LogP contribution in [0.2, 0.25) is 0 Å². The Bertz CT molecular complexity index is 275. The van der Waals surface area contributed by atoms with Crippen LogP contribution >= 0.6 is 0 Å². The van der Waals surface area contributed by atoms with Gasteiger partial charge >= 0.3 is 0 Å². The molecule has 0 bridgehead atoms. The van der Waals surface area contributed by atoms with Gasteiger partial charge in [-0.3, -0.25) is 0 Å². The normalized spacial score (nSPS) is 26.7. The van der Waals surface area contributed by atoms with Crippen LogP contribution in [0.1, 0.15) is 52.9 Å². The second-order valence-electron chi connectivity index (χ2n) is 6.42. The van der Waals surface area contributed by atoms with Crippen molar-refractivity contribution in [2.45, 2.75) is 69.8 Å². The molecule has 2 N–H and O–H groups in total. The van der Waals surface area contributed by atoms with E-state index in [1.165, 1.54) is 0 Å². The van der Waals surface area contributed by atoms with E-state index in [1.54, 1.807) is 0 Å². The lowest BCUT2D eigenvalue weighted by Gasteiger charge is -2.42. The maximum atomic E-state index is 10.6. The number of ether oxygens (including phenoxy) is 2. The van der Waals surface area contributed by atoms with Crippen molar-refractivity contribution in [1.29, 1.82) is 0 Å². The molecule has 2 aliphatic rings. The lowest BCUT2D eigenvalue weighted by molar-refractivity contribution is -0.202. The van der Waals surface area contributed by atoms with Gasteiger partial charge in [-0.05, 0) is 33.1 Å². The van der Waals surface area contributed by atoms with Crippen LogP contribution < -0.4 is 5.32 Å². The van der Waals surface area contributed by atoms with Gasteiger partial charge in [0.25, 0.3) is 0 Å². The third kappa shape index (κ3) is 3.23. The first-order valence-corrected chi connectivity index (χ1v) is 7.14. The summed E-state index contributed by atoms with van der Waals surface area (Å²) in [5, 5.41) is 14.1. The Kier molecular flexibility index (Phi) is 4.02. The molecule has 0 unspecified atom stereocenters. The largest absolute Gasteiger partial charge is 0.389 e. The Balaban J connectivity index is 1.83. The van der Waals surface area contributed by atoms with Crippen molar-refractivity contribution in [2.75, 3.05) is 19.8 Å². The molecule has 106 valence electrons. The van der Waals surface area contributed by atoms with Crippen molar-refractivity contribution in [1.82, 2.24) is 5.32 Å². The van der Waals surface area contributed by atoms with Crippen molar-refractivity contribution >= 4 is 0 Å². The van der Waals surface area contributed by atoms with Crippen molar-refractivity contribution in [2.24, 2.45) is 0 Å². The van der Waals surface area contributed by atoms with Crippen molar-refractivity contribution < 1.29 is 14.6 Å². The molecular formula is C14H27NO3. The number of hydrogen-bond acceptors (Lipinski definition) is 4. The molecule has 0 radical (unpaired) electrons. The number of rotatable bonds is 4. The van der Waals surface area contributed by atoms with E-state index in [1.807, 2.05) is 0 Å². The maximum absolute atomic E-state index is 10.6. The van der Waals surface area contributed by atoms with E-state index in [2.05, 4.69) is 26.1 Å². The van der Waals surface area contributed by atoms with Gasteiger partial charge in [-0.25, -0.2) is 0 Å². The van der Waals surface area contributed by atoms with Gasteiger partial charge in [0.15, 0.2) is 5.79 Å². The van der Waals surface area contributed by atoms with Gasteiger partial charge < -0.3 is 19.9 Å². The van der Waals surface area contributed by atoms with Gasteiger partial charge in [0.1, 0.15) is 0 Å². The van der Waals surface area contributed by atoms with Crippen LogP contribution in [-0.2, 0) is 9.47 Å². The van der Waals surface area contributed by atoms with Crippen molar-refractivity contribution in [3.8, 4) is 0 Å². The third-order valence-electron chi connectivity index (χ3n) is 4.54. The number of hydrogen-bond donors (Lipinski definition) is 2. The summed E-state index contributed by atoms with van der Waals surface area (Å²) in [6, 6.07) is 0. The van der Waals surface area contributed by atoms with E-state index >= 15 is 0 Å². The fourth-order valence-electron chi connectivity index (χ4n) is 2.59. The number of nitrogens with one attached hydrogen (secondary N) is 1. The van der Waals surface area contributed by atoms with Crippen LogP contribution in [0.25, 0.3) is 0 Å². The van der Waals surface area contributed by atoms with E-state index < -0.39 is 5.60 Å². The molecule has 1 saturated heterocycles. The first-order valence-electron chi connectivity index (χ1n) is 7.14. The summed E-state index contributed by atoms with van der Waals surface area (Å²) in [6.45, 7) is 8.55. The average molecular weight is 257 g/mol. The van der Waals surface area contributed by atoms with Crippen molar-refractivity contribution in [3.05, 3.63) is 0 Å². The summed E-state index contributed by atoms with van der Waals surface area (Å²) in [6.07, 6.45) is 4.16. The summed E-state index contributed by atoms with van der Waals surface area (Å²) in [5.41, 5.74) is -0.516. The molecule has 0 amide bonds. The maximum Gasteiger partial charge on any atom is 0.168 e. The summed E-state index contributed by atoms with van der Waals surface area (Å²) >= 11 is 0. The van der Waals surface area contributed by atoms with Crippen LogP contribution in [0, 0.1) is 0 Å². The van der Waals surface area contributed by atoms with E-state index in [-0.39, 0.29) is 11.3 Å². The summed E-state index contributed by atoms with van der Waals surface area (Å²) in [7, 11) is 0. The Labute approximate surface area is 110 Å². The molecule has 1 heterocycles. The molecule has 4 heteroatoms. The van der Waals surface area contributed by atoms with Crippen molar-refractivity contribution in [3.63, 3.8) is 0 Å². The van der Waals surface area contributed by atoms with Gasteiger partial charge in [-0.1, -0.05) is 6.92 Å². The highest BCUT2D eigenvalue weighted by Gasteiger charge is 2.45. The van der Waals surface area contributed by atoms with Crippen LogP contribution in [-0.4, -0.2) is 41.8 Å². The Morgan fingerprint density at radius 1 is 1.11 bits per heavy atom. The zero-order chi connectivity index (χ0) is 13.3. The molecule has 1 saturated carbocycles. The van der Waals surface area contributed by atoms with Gasteiger partial charge in [0, 0.05) is 24.9 Å². The molecule has 18 heavy (non-hydrogen) atoms. The number of aliphatic hydroxyl groups is 1. The molecule has 2 rings (SSSR count). The van der Waals surface area contributed by atoms with Crippen LogP contribution in [0.4, 0.5) is 0 Å². The standard InChI is InChI=1S/C14H27NO3/c1-4-12(2,3)15-11-13(16)5-7-14(8-6-13)17-9-10-18-14/h15-16H,4-11H2,1-3H3. The van der Waals surface area contributed by atoms with E-state index in [0.717, 1.165) is 32.1 Å². The minimum absolute atomic E-state index is 0.0885. The van der Waals surface area contributed by atoms with E-state index in [0.29, 0.717) is 19.8 Å². The Morgan fingerprint density at radius 3 is 2.17 bits per heavy atom. The molecule has 1 spiro atoms. The third-order valence-corrected chi connectivity index (χ3v) is 4.54. The van der Waals surface area contributed by atoms with E-state index in [4.69, 9.17) is 9.47 Å². The SMILES string of the molecule is CCC(C)(C)NCC1(O)CCC2(CC1)OCCO2. The molecule has 1 aliphatic carbocycles. The quantitative estimate of drug-likeness (QED) is 0.806. The average Bonchev–Trinajstić information content (AvgIpc) is 2.81. The molecular weight excluding hydrogens is 230 g/mol. The lowest BCUT2D eigenvalue weighted by atomic mass is 9.80. The predicted octanol–water partition coefficient (Wildman–Crippen LogP) is 1.81. The lowest BCUT2D eigenvalue weighted by Crippen LogP contribution is -2.52. The minimum atomic E-state index is -0.604. The zero-order valence-corrected chi connectivity index (χ0v) is 11.9. The first kappa shape index (κ1) is 14.3. The number of β-amino-alcohol motifs (C(OH)–C–C–N with tert-alkyl or cyclic N) is 1. The summed E-state index contributed by atoms with van der Waals surface area (Å²) in [4.78, 5) is 0. The topological polar surface area (TPSA) is 50.7 Å². The molecule has 2 fully saturated rings. The Morgan fingerprint density at radius 2 is 1.67 bits per heavy atom. The van der Waals surface area contributed by atoms with Gasteiger partial charge in [-0.2, -0.15) is 0 Å². The first-order chi connectivity index (χ1) is 8.39. The molecule has 4 nitrogen and oxygen atoms in total. The smallest absolute Gasteiger partial charge is 0.168 e. The molecule has 0 aromatic rings. The summed E-state index contributed by atoms with van der Waals surface area (Å²) in [5.74, 6) is -0.382. The van der Waals surface area contributed by atoms with Gasteiger partial charge in [-0.15, -0.1) is 0 Å². The van der Waals surface area contributed by atoms with Crippen LogP contribution in [0.15, 0.2) is 0 Å². The van der Waals surface area contributed by atoms with E-state index in [9.17, 15) is 5.11 Å². The van der Waals surface area contributed by atoms with Crippen LogP contribution in [0.5, 0.6) is 0 Å². The highest BCUT2D eigenvalue weighted by molar-refractivity contribution is 4.94. The second kappa shape index (κ2) is 5.08. The fraction of sp³-hybridized carbons (Fsp3) is 1.00.